The van der Waals surface area contributed by atoms with Crippen molar-refractivity contribution in [2.45, 2.75) is 38.6 Å². The van der Waals surface area contributed by atoms with Crippen molar-refractivity contribution < 1.29 is 9.84 Å². The van der Waals surface area contributed by atoms with E-state index in [1.807, 2.05) is 12.1 Å². The number of nitrogens with one attached hydrogen (secondary N) is 1. The van der Waals surface area contributed by atoms with Crippen LogP contribution in [0.15, 0.2) is 18.3 Å². The summed E-state index contributed by atoms with van der Waals surface area (Å²) in [4.78, 5) is 4.35. The molecule has 18 heavy (non-hydrogen) atoms. The molecule has 0 bridgehead atoms. The van der Waals surface area contributed by atoms with E-state index in [-0.39, 0.29) is 6.61 Å². The van der Waals surface area contributed by atoms with Gasteiger partial charge in [0.15, 0.2) is 11.6 Å². The van der Waals surface area contributed by atoms with E-state index in [0.29, 0.717) is 18.6 Å². The normalized spacial score (nSPS) is 23.0. The van der Waals surface area contributed by atoms with Crippen molar-refractivity contribution in [1.29, 1.82) is 0 Å². The van der Waals surface area contributed by atoms with Gasteiger partial charge >= 0.3 is 0 Å². The molecular weight excluding hydrogens is 228 g/mol. The van der Waals surface area contributed by atoms with Crippen LogP contribution in [0.1, 0.15) is 32.6 Å². The summed E-state index contributed by atoms with van der Waals surface area (Å²) in [6, 6.07) is 4.14. The average molecular weight is 250 g/mol. The molecule has 2 unspecified atom stereocenters. The topological polar surface area (TPSA) is 54.4 Å². The Morgan fingerprint density at radius 1 is 1.50 bits per heavy atom. The minimum Gasteiger partial charge on any atom is -0.490 e. The molecule has 0 aromatic carbocycles. The molecule has 0 saturated heterocycles. The highest BCUT2D eigenvalue weighted by Gasteiger charge is 2.27. The second kappa shape index (κ2) is 6.59. The van der Waals surface area contributed by atoms with Crippen LogP contribution in [0.2, 0.25) is 0 Å². The van der Waals surface area contributed by atoms with Crippen LogP contribution in [0, 0.1) is 5.92 Å². The van der Waals surface area contributed by atoms with Gasteiger partial charge in [0.05, 0.1) is 6.61 Å². The predicted molar refractivity (Wildman–Crippen MR) is 71.9 cm³/mol. The van der Waals surface area contributed by atoms with Gasteiger partial charge in [-0.15, -0.1) is 0 Å². The molecule has 4 nitrogen and oxygen atoms in total. The summed E-state index contributed by atoms with van der Waals surface area (Å²) < 4.78 is 5.68. The number of anilines is 1. The van der Waals surface area contributed by atoms with E-state index in [9.17, 15) is 5.11 Å². The molecule has 2 atom stereocenters. The molecule has 100 valence electrons. The molecule has 0 amide bonds. The maximum absolute atomic E-state index is 9.33. The highest BCUT2D eigenvalue weighted by atomic mass is 16.5. The first-order chi connectivity index (χ1) is 8.85. The van der Waals surface area contributed by atoms with E-state index in [4.69, 9.17) is 4.74 Å². The molecule has 1 aromatic rings. The summed E-state index contributed by atoms with van der Waals surface area (Å²) in [7, 11) is 0. The first-order valence-electron chi connectivity index (χ1n) is 6.80. The van der Waals surface area contributed by atoms with Crippen LogP contribution in [0.25, 0.3) is 0 Å². The monoisotopic (exact) mass is 250 g/mol. The number of rotatable bonds is 6. The lowest BCUT2D eigenvalue weighted by atomic mass is 10.1. The zero-order valence-corrected chi connectivity index (χ0v) is 10.9. The number of aromatic nitrogens is 1. The third-order valence-electron chi connectivity index (χ3n) is 3.45. The van der Waals surface area contributed by atoms with Crippen LogP contribution < -0.4 is 10.1 Å². The number of hydrogen-bond acceptors (Lipinski definition) is 4. The van der Waals surface area contributed by atoms with Gasteiger partial charge in [-0.1, -0.05) is 13.3 Å². The molecule has 1 aliphatic rings. The molecule has 1 saturated carbocycles. The van der Waals surface area contributed by atoms with Crippen molar-refractivity contribution in [2.75, 3.05) is 18.5 Å². The largest absolute Gasteiger partial charge is 0.490 e. The SMILES string of the molecule is CCCOc1cccnc1NC1CCCC1CO. The van der Waals surface area contributed by atoms with E-state index >= 15 is 0 Å². The Bertz CT molecular complexity index is 371. The second-order valence-electron chi connectivity index (χ2n) is 4.82. The number of nitrogens with zero attached hydrogens (tertiary/aromatic N) is 1. The molecule has 2 rings (SSSR count). The molecule has 1 aliphatic carbocycles. The van der Waals surface area contributed by atoms with Gasteiger partial charge in [-0.3, -0.25) is 0 Å². The van der Waals surface area contributed by atoms with Crippen molar-refractivity contribution >= 4 is 5.82 Å². The molecule has 1 aromatic heterocycles. The molecule has 2 N–H and O–H groups in total. The molecule has 1 heterocycles. The zero-order chi connectivity index (χ0) is 12.8. The molecule has 0 radical (unpaired) electrons. The van der Waals surface area contributed by atoms with Crippen LogP contribution in [0.3, 0.4) is 0 Å². The van der Waals surface area contributed by atoms with Crippen LogP contribution in [-0.4, -0.2) is 29.3 Å². The highest BCUT2D eigenvalue weighted by molar-refractivity contribution is 5.50. The summed E-state index contributed by atoms with van der Waals surface area (Å²) in [6.45, 7) is 3.03. The van der Waals surface area contributed by atoms with Gasteiger partial charge in [-0.05, 0) is 31.4 Å². The Morgan fingerprint density at radius 3 is 3.17 bits per heavy atom. The lowest BCUT2D eigenvalue weighted by Crippen LogP contribution is -2.27. The zero-order valence-electron chi connectivity index (χ0n) is 10.9. The third kappa shape index (κ3) is 3.13. The van der Waals surface area contributed by atoms with Gasteiger partial charge in [-0.2, -0.15) is 0 Å². The van der Waals surface area contributed by atoms with Crippen molar-refractivity contribution in [1.82, 2.24) is 4.98 Å². The van der Waals surface area contributed by atoms with Gasteiger partial charge in [0.1, 0.15) is 0 Å². The third-order valence-corrected chi connectivity index (χ3v) is 3.45. The van der Waals surface area contributed by atoms with Crippen LogP contribution in [0.5, 0.6) is 5.75 Å². The molecule has 4 heteroatoms. The van der Waals surface area contributed by atoms with E-state index in [2.05, 4.69) is 17.2 Å². The van der Waals surface area contributed by atoms with Gasteiger partial charge in [0.25, 0.3) is 0 Å². The number of hydrogen-bond donors (Lipinski definition) is 2. The van der Waals surface area contributed by atoms with Crippen LogP contribution >= 0.6 is 0 Å². The Morgan fingerprint density at radius 2 is 2.39 bits per heavy atom. The fourth-order valence-electron chi connectivity index (χ4n) is 2.45. The summed E-state index contributed by atoms with van der Waals surface area (Å²) >= 11 is 0. The summed E-state index contributed by atoms with van der Waals surface area (Å²) in [5.41, 5.74) is 0. The molecule has 0 aliphatic heterocycles. The highest BCUT2D eigenvalue weighted by Crippen LogP contribution is 2.30. The first kappa shape index (κ1) is 13.1. The van der Waals surface area contributed by atoms with Gasteiger partial charge in [-0.25, -0.2) is 4.98 Å². The van der Waals surface area contributed by atoms with Crippen molar-refractivity contribution in [3.63, 3.8) is 0 Å². The van der Waals surface area contributed by atoms with E-state index in [1.54, 1.807) is 6.20 Å². The van der Waals surface area contributed by atoms with Crippen LogP contribution in [-0.2, 0) is 0 Å². The van der Waals surface area contributed by atoms with E-state index in [0.717, 1.165) is 30.8 Å². The summed E-state index contributed by atoms with van der Waals surface area (Å²) in [5.74, 6) is 1.95. The number of pyridine rings is 1. The van der Waals surface area contributed by atoms with Crippen LogP contribution in [0.4, 0.5) is 5.82 Å². The Labute approximate surface area is 108 Å². The van der Waals surface area contributed by atoms with Crippen molar-refractivity contribution in [3.05, 3.63) is 18.3 Å². The number of aliphatic hydroxyl groups excluding tert-OH is 1. The van der Waals surface area contributed by atoms with Gasteiger partial charge in [0, 0.05) is 24.8 Å². The summed E-state index contributed by atoms with van der Waals surface area (Å²) in [6.07, 6.45) is 6.10. The maximum atomic E-state index is 9.33. The quantitative estimate of drug-likeness (QED) is 0.814. The predicted octanol–water partition coefficient (Wildman–Crippen LogP) is 2.44. The minimum atomic E-state index is 0.246. The lowest BCUT2D eigenvalue weighted by molar-refractivity contribution is 0.222. The van der Waals surface area contributed by atoms with Gasteiger partial charge in [0.2, 0.25) is 0 Å². The maximum Gasteiger partial charge on any atom is 0.168 e. The lowest BCUT2D eigenvalue weighted by Gasteiger charge is -2.21. The smallest absolute Gasteiger partial charge is 0.168 e. The van der Waals surface area contributed by atoms with Crippen molar-refractivity contribution in [3.8, 4) is 5.75 Å². The average Bonchev–Trinajstić information content (AvgIpc) is 2.85. The molecule has 0 spiro atoms. The molecule has 1 fully saturated rings. The number of aliphatic hydroxyl groups is 1. The Hall–Kier alpha value is -1.29. The molecular formula is C14H22N2O2. The van der Waals surface area contributed by atoms with E-state index < -0.39 is 0 Å². The fraction of sp³-hybridized carbons (Fsp3) is 0.643. The summed E-state index contributed by atoms with van der Waals surface area (Å²) in [5, 5.41) is 12.8. The van der Waals surface area contributed by atoms with Crippen molar-refractivity contribution in [2.24, 2.45) is 5.92 Å². The first-order valence-corrected chi connectivity index (χ1v) is 6.80. The fourth-order valence-corrected chi connectivity index (χ4v) is 2.45. The Balaban J connectivity index is 2.03. The minimum absolute atomic E-state index is 0.246. The van der Waals surface area contributed by atoms with E-state index in [1.165, 1.54) is 6.42 Å². The second-order valence-corrected chi connectivity index (χ2v) is 4.82. The van der Waals surface area contributed by atoms with Gasteiger partial charge < -0.3 is 15.2 Å². The Kier molecular flexibility index (Phi) is 4.81. The number of ether oxygens (including phenoxy) is 1. The standard InChI is InChI=1S/C14H22N2O2/c1-2-9-18-13-7-4-8-15-14(13)16-12-6-3-5-11(12)10-17/h4,7-8,11-12,17H,2-3,5-6,9-10H2,1H3,(H,15,16).